The van der Waals surface area contributed by atoms with Crippen LogP contribution in [0.2, 0.25) is 0 Å². The highest BCUT2D eigenvalue weighted by molar-refractivity contribution is 8.93. The van der Waals surface area contributed by atoms with Gasteiger partial charge in [-0.3, -0.25) is 9.59 Å². The number of H-pyrrole nitrogens is 1. The Morgan fingerprint density at radius 2 is 1.70 bits per heavy atom. The minimum absolute atomic E-state index is 0. The molecule has 4 rings (SSSR count). The summed E-state index contributed by atoms with van der Waals surface area (Å²) in [5.41, 5.74) is 2.54. The number of thiazole rings is 1. The predicted octanol–water partition coefficient (Wildman–Crippen LogP) is 6.59. The second kappa shape index (κ2) is 17.9. The first kappa shape index (κ1) is 36.9. The number of phenolic OH excluding ortho intramolecular Hbond substituents is 1. The van der Waals surface area contributed by atoms with Crippen LogP contribution in [0.4, 0.5) is 0 Å². The van der Waals surface area contributed by atoms with Gasteiger partial charge in [-0.15, -0.1) is 34.0 Å². The summed E-state index contributed by atoms with van der Waals surface area (Å²) in [5, 5.41) is 16.0. The van der Waals surface area contributed by atoms with Crippen molar-refractivity contribution in [1.29, 1.82) is 0 Å². The van der Waals surface area contributed by atoms with Crippen LogP contribution in [0.3, 0.4) is 0 Å². The number of rotatable bonds is 15. The lowest BCUT2D eigenvalue weighted by atomic mass is 10.0. The van der Waals surface area contributed by atoms with Crippen LogP contribution in [-0.4, -0.2) is 71.7 Å². The number of carbonyl (C=O) groups excluding carboxylic acids is 1. The zero-order valence-corrected chi connectivity index (χ0v) is 29.5. The Kier molecular flexibility index (Phi) is 15.3. The van der Waals surface area contributed by atoms with E-state index in [0.717, 1.165) is 46.8 Å². The lowest BCUT2D eigenvalue weighted by molar-refractivity contribution is -0.133. The minimum Gasteiger partial charge on any atom is -0.506 e. The van der Waals surface area contributed by atoms with Gasteiger partial charge >= 0.3 is 4.87 Å². The van der Waals surface area contributed by atoms with Crippen LogP contribution < -0.4 is 10.2 Å². The third-order valence-electron chi connectivity index (χ3n) is 7.77. The van der Waals surface area contributed by atoms with Gasteiger partial charge < -0.3 is 29.9 Å². The maximum absolute atomic E-state index is 13.4. The number of likely N-dealkylation sites (N-methyl/N-ethyl adjacent to an activating group) is 1. The van der Waals surface area contributed by atoms with Gasteiger partial charge in [0.05, 0.1) is 23.8 Å². The number of nitrogens with zero attached hydrogens (tertiary/aromatic N) is 2. The fourth-order valence-corrected chi connectivity index (χ4v) is 6.20. The van der Waals surface area contributed by atoms with E-state index < -0.39 is 0 Å². The number of aromatic nitrogens is 1. The van der Waals surface area contributed by atoms with Gasteiger partial charge in [0.25, 0.3) is 0 Å². The fraction of sp³-hybridized carbons (Fsp3) is 0.438. The van der Waals surface area contributed by atoms with Crippen LogP contribution in [-0.2, 0) is 9.53 Å². The number of halogens is 2. The molecule has 0 fully saturated rings. The third kappa shape index (κ3) is 9.60. The third-order valence-corrected chi connectivity index (χ3v) is 8.70. The Balaban J connectivity index is 0.00000323. The molecule has 0 saturated carbocycles. The van der Waals surface area contributed by atoms with E-state index in [9.17, 15) is 14.7 Å². The molecule has 8 nitrogen and oxygen atoms in total. The molecule has 3 aromatic carbocycles. The van der Waals surface area contributed by atoms with Gasteiger partial charge in [0.1, 0.15) is 11.3 Å². The zero-order chi connectivity index (χ0) is 29.4. The van der Waals surface area contributed by atoms with Gasteiger partial charge in [0.15, 0.2) is 0 Å². The smallest absolute Gasteiger partial charge is 0.305 e. The van der Waals surface area contributed by atoms with Crippen molar-refractivity contribution in [3.8, 4) is 5.75 Å². The number of carbonyl (C=O) groups is 1. The Hall–Kier alpha value is -2.28. The molecule has 1 amide bonds. The SMILES string of the molecule is Br.Br.CCN(CC)CCN(CCNC(C)c1ccc(O)c2[nH]c(=O)sc12)C(=O)CCOC(C)c1cccc2ccccc12. The standard InChI is InChI=1S/C32H42N4O4S.2BrH/c1-5-35(6-2)19-20-36(18-17-33-22(3)25-14-15-28(37)30-31(25)41-32(39)34-30)29(38)16-21-40-23(4)26-13-9-11-24-10-7-8-12-27(24)26;;/h7-15,22-23,33,37H,5-6,16-21H2,1-4H3,(H,34,39);2*1H. The van der Waals surface area contributed by atoms with Gasteiger partial charge in [-0.25, -0.2) is 0 Å². The van der Waals surface area contributed by atoms with Crippen molar-refractivity contribution >= 4 is 72.2 Å². The molecule has 1 heterocycles. The molecule has 0 radical (unpaired) electrons. The molecule has 236 valence electrons. The molecule has 0 bridgehead atoms. The molecule has 0 spiro atoms. The highest BCUT2D eigenvalue weighted by Crippen LogP contribution is 2.31. The number of amides is 1. The van der Waals surface area contributed by atoms with Gasteiger partial charge in [-0.2, -0.15) is 0 Å². The summed E-state index contributed by atoms with van der Waals surface area (Å²) >= 11 is 1.10. The Morgan fingerprint density at radius 1 is 0.977 bits per heavy atom. The second-order valence-electron chi connectivity index (χ2n) is 10.3. The van der Waals surface area contributed by atoms with Crippen molar-refractivity contribution in [2.45, 2.75) is 46.3 Å². The Labute approximate surface area is 279 Å². The first-order valence-electron chi connectivity index (χ1n) is 14.5. The zero-order valence-electron chi connectivity index (χ0n) is 25.3. The molecule has 3 N–H and O–H groups in total. The molecule has 0 aliphatic heterocycles. The van der Waals surface area contributed by atoms with E-state index in [-0.39, 0.29) is 62.6 Å². The van der Waals surface area contributed by atoms with Crippen molar-refractivity contribution in [2.24, 2.45) is 0 Å². The number of ether oxygens (including phenoxy) is 1. The van der Waals surface area contributed by atoms with E-state index in [1.54, 1.807) is 6.07 Å². The van der Waals surface area contributed by atoms with E-state index in [1.165, 1.54) is 10.8 Å². The molecule has 4 aromatic rings. The van der Waals surface area contributed by atoms with Crippen molar-refractivity contribution in [3.05, 3.63) is 75.4 Å². The Morgan fingerprint density at radius 3 is 2.44 bits per heavy atom. The summed E-state index contributed by atoms with van der Waals surface area (Å²) < 4.78 is 6.91. The molecule has 0 saturated heterocycles. The maximum atomic E-state index is 13.4. The van der Waals surface area contributed by atoms with Gasteiger partial charge in [0, 0.05) is 32.2 Å². The first-order chi connectivity index (χ1) is 19.8. The van der Waals surface area contributed by atoms with E-state index in [0.29, 0.717) is 38.2 Å². The summed E-state index contributed by atoms with van der Waals surface area (Å²) in [6.45, 7) is 13.2. The summed E-state index contributed by atoms with van der Waals surface area (Å²) in [6, 6.07) is 17.9. The van der Waals surface area contributed by atoms with Gasteiger partial charge in [-0.05, 0) is 54.9 Å². The minimum atomic E-state index is -0.194. The number of aromatic hydroxyl groups is 1. The largest absolute Gasteiger partial charge is 0.506 e. The summed E-state index contributed by atoms with van der Waals surface area (Å²) in [4.78, 5) is 32.0. The highest BCUT2D eigenvalue weighted by atomic mass is 79.9. The predicted molar refractivity (Wildman–Crippen MR) is 188 cm³/mol. The fourth-order valence-electron chi connectivity index (χ4n) is 5.25. The molecule has 43 heavy (non-hydrogen) atoms. The lowest BCUT2D eigenvalue weighted by Crippen LogP contribution is -2.42. The normalized spacial score (nSPS) is 12.6. The molecule has 2 unspecified atom stereocenters. The molecule has 0 aliphatic carbocycles. The number of aromatic amines is 1. The summed E-state index contributed by atoms with van der Waals surface area (Å²) in [5.74, 6) is 0.145. The van der Waals surface area contributed by atoms with Crippen LogP contribution in [0.15, 0.2) is 59.4 Å². The summed E-state index contributed by atoms with van der Waals surface area (Å²) in [7, 11) is 0. The number of hydrogen-bond acceptors (Lipinski definition) is 7. The van der Waals surface area contributed by atoms with E-state index in [4.69, 9.17) is 4.74 Å². The number of fused-ring (bicyclic) bond motifs is 2. The number of hydrogen-bond donors (Lipinski definition) is 3. The van der Waals surface area contributed by atoms with E-state index >= 15 is 0 Å². The number of benzene rings is 3. The van der Waals surface area contributed by atoms with Crippen LogP contribution in [0, 0.1) is 0 Å². The molecule has 11 heteroatoms. The molecule has 1 aromatic heterocycles. The number of phenols is 1. The van der Waals surface area contributed by atoms with Gasteiger partial charge in [-0.1, -0.05) is 73.7 Å². The number of nitrogens with one attached hydrogen (secondary N) is 2. The van der Waals surface area contributed by atoms with Crippen LogP contribution in [0.25, 0.3) is 21.0 Å². The van der Waals surface area contributed by atoms with Crippen LogP contribution >= 0.6 is 45.3 Å². The lowest BCUT2D eigenvalue weighted by Gasteiger charge is -2.27. The molecule has 2 atom stereocenters. The van der Waals surface area contributed by atoms with Crippen molar-refractivity contribution < 1.29 is 14.6 Å². The second-order valence-corrected chi connectivity index (χ2v) is 11.3. The topological polar surface area (TPSA) is 97.9 Å². The van der Waals surface area contributed by atoms with Crippen molar-refractivity contribution in [1.82, 2.24) is 20.1 Å². The van der Waals surface area contributed by atoms with Crippen LogP contribution in [0.5, 0.6) is 5.75 Å². The van der Waals surface area contributed by atoms with Crippen molar-refractivity contribution in [3.63, 3.8) is 0 Å². The van der Waals surface area contributed by atoms with E-state index in [2.05, 4.69) is 53.3 Å². The average Bonchev–Trinajstić information content (AvgIpc) is 3.38. The monoisotopic (exact) mass is 738 g/mol. The Bertz CT molecular complexity index is 1500. The first-order valence-corrected chi connectivity index (χ1v) is 15.3. The van der Waals surface area contributed by atoms with E-state index in [1.807, 2.05) is 43.0 Å². The van der Waals surface area contributed by atoms with Crippen molar-refractivity contribution in [2.75, 3.05) is 45.9 Å². The summed E-state index contributed by atoms with van der Waals surface area (Å²) in [6.07, 6.45) is 0.200. The average molecular weight is 741 g/mol. The maximum Gasteiger partial charge on any atom is 0.305 e. The molecule has 0 aliphatic rings. The highest BCUT2D eigenvalue weighted by Gasteiger charge is 2.18. The van der Waals surface area contributed by atoms with Crippen LogP contribution in [0.1, 0.15) is 57.4 Å². The molecular formula is C32H44Br2N4O4S. The quantitative estimate of drug-likeness (QED) is 0.127. The molecular weight excluding hydrogens is 696 g/mol. The van der Waals surface area contributed by atoms with Gasteiger partial charge in [0.2, 0.25) is 5.91 Å².